The van der Waals surface area contributed by atoms with E-state index in [1.165, 1.54) is 12.1 Å². The van der Waals surface area contributed by atoms with Gasteiger partial charge in [-0.3, -0.25) is 0 Å². The summed E-state index contributed by atoms with van der Waals surface area (Å²) in [7, 11) is 1.93. The summed E-state index contributed by atoms with van der Waals surface area (Å²) in [6, 6.07) is 4.23. The molecule has 0 saturated heterocycles. The van der Waals surface area contributed by atoms with Crippen molar-refractivity contribution < 1.29 is 13.9 Å². The third kappa shape index (κ3) is 3.75. The fourth-order valence-corrected chi connectivity index (χ4v) is 1.52. The molecule has 0 aliphatic rings. The molecule has 0 spiro atoms. The zero-order valence-electron chi connectivity index (χ0n) is 10.5. The normalized spacial score (nSPS) is 13.4. The number of benzene rings is 1. The molecular formula is C13H19F2NO. The molecule has 96 valence electrons. The molecule has 17 heavy (non-hydrogen) atoms. The van der Waals surface area contributed by atoms with Crippen LogP contribution in [0, 0.1) is 11.6 Å². The molecule has 0 aromatic heterocycles. The van der Waals surface area contributed by atoms with E-state index in [9.17, 15) is 13.9 Å². The van der Waals surface area contributed by atoms with E-state index in [4.69, 9.17) is 0 Å². The SMILES string of the molecule is CC(C)N(C)CCC(O)c1cccc(F)c1F. The van der Waals surface area contributed by atoms with E-state index in [0.717, 1.165) is 6.07 Å². The Morgan fingerprint density at radius 1 is 1.29 bits per heavy atom. The quantitative estimate of drug-likeness (QED) is 0.859. The summed E-state index contributed by atoms with van der Waals surface area (Å²) < 4.78 is 26.4. The lowest BCUT2D eigenvalue weighted by molar-refractivity contribution is 0.137. The highest BCUT2D eigenvalue weighted by Gasteiger charge is 2.16. The molecule has 1 N–H and O–H groups in total. The minimum Gasteiger partial charge on any atom is -0.388 e. The number of aliphatic hydroxyl groups excluding tert-OH is 1. The molecular weight excluding hydrogens is 224 g/mol. The van der Waals surface area contributed by atoms with Gasteiger partial charge in [0.05, 0.1) is 6.10 Å². The van der Waals surface area contributed by atoms with Crippen LogP contribution in [0.1, 0.15) is 31.9 Å². The van der Waals surface area contributed by atoms with E-state index in [-0.39, 0.29) is 5.56 Å². The number of nitrogens with zero attached hydrogens (tertiary/aromatic N) is 1. The average molecular weight is 243 g/mol. The topological polar surface area (TPSA) is 23.5 Å². The summed E-state index contributed by atoms with van der Waals surface area (Å²) in [6.07, 6.45) is -0.582. The number of aliphatic hydroxyl groups is 1. The van der Waals surface area contributed by atoms with Crippen molar-refractivity contribution in [1.82, 2.24) is 4.90 Å². The van der Waals surface area contributed by atoms with Crippen LogP contribution in [0.2, 0.25) is 0 Å². The van der Waals surface area contributed by atoms with Gasteiger partial charge in [0.15, 0.2) is 11.6 Å². The molecule has 0 fully saturated rings. The Morgan fingerprint density at radius 3 is 2.53 bits per heavy atom. The molecule has 1 aromatic rings. The zero-order chi connectivity index (χ0) is 13.0. The van der Waals surface area contributed by atoms with E-state index < -0.39 is 17.7 Å². The second-order valence-corrected chi connectivity index (χ2v) is 4.52. The third-order valence-corrected chi connectivity index (χ3v) is 2.98. The lowest BCUT2D eigenvalue weighted by atomic mass is 10.1. The van der Waals surface area contributed by atoms with E-state index in [1.807, 2.05) is 25.8 Å². The molecule has 0 amide bonds. The van der Waals surface area contributed by atoms with Crippen LogP contribution in [-0.2, 0) is 0 Å². The van der Waals surface area contributed by atoms with E-state index in [2.05, 4.69) is 0 Å². The van der Waals surface area contributed by atoms with Crippen LogP contribution in [0.5, 0.6) is 0 Å². The maximum Gasteiger partial charge on any atom is 0.164 e. The summed E-state index contributed by atoms with van der Waals surface area (Å²) in [5.41, 5.74) is 0.0298. The second kappa shape index (κ2) is 6.07. The molecule has 0 saturated carbocycles. The summed E-state index contributed by atoms with van der Waals surface area (Å²) >= 11 is 0. The van der Waals surface area contributed by atoms with Crippen molar-refractivity contribution in [2.45, 2.75) is 32.4 Å². The molecule has 1 atom stereocenters. The minimum absolute atomic E-state index is 0.0298. The van der Waals surface area contributed by atoms with Gasteiger partial charge in [-0.25, -0.2) is 8.78 Å². The lowest BCUT2D eigenvalue weighted by Gasteiger charge is -2.22. The molecule has 0 bridgehead atoms. The average Bonchev–Trinajstić information content (AvgIpc) is 2.29. The number of halogens is 2. The molecule has 1 unspecified atom stereocenters. The molecule has 2 nitrogen and oxygen atoms in total. The van der Waals surface area contributed by atoms with Crippen molar-refractivity contribution in [2.75, 3.05) is 13.6 Å². The van der Waals surface area contributed by atoms with Gasteiger partial charge in [0.1, 0.15) is 0 Å². The minimum atomic E-state index is -0.966. The van der Waals surface area contributed by atoms with Crippen LogP contribution in [0.4, 0.5) is 8.78 Å². The fourth-order valence-electron chi connectivity index (χ4n) is 1.52. The van der Waals surface area contributed by atoms with Crippen molar-refractivity contribution in [1.29, 1.82) is 0 Å². The van der Waals surface area contributed by atoms with Gasteiger partial charge < -0.3 is 10.0 Å². The number of rotatable bonds is 5. The molecule has 0 aliphatic carbocycles. The first kappa shape index (κ1) is 14.1. The lowest BCUT2D eigenvalue weighted by Crippen LogP contribution is -2.28. The standard InChI is InChI=1S/C13H19F2NO/c1-9(2)16(3)8-7-12(17)10-5-4-6-11(14)13(10)15/h4-6,9,12,17H,7-8H2,1-3H3. The van der Waals surface area contributed by atoms with Gasteiger partial charge in [-0.05, 0) is 33.4 Å². The van der Waals surface area contributed by atoms with Gasteiger partial charge in [0, 0.05) is 18.2 Å². The van der Waals surface area contributed by atoms with Crippen LogP contribution in [0.3, 0.4) is 0 Å². The Kier molecular flexibility index (Phi) is 5.02. The molecule has 0 heterocycles. The van der Waals surface area contributed by atoms with Crippen LogP contribution in [0.15, 0.2) is 18.2 Å². The van der Waals surface area contributed by atoms with Crippen molar-refractivity contribution in [3.05, 3.63) is 35.4 Å². The summed E-state index contributed by atoms with van der Waals surface area (Å²) in [5.74, 6) is -1.87. The maximum absolute atomic E-state index is 13.4. The zero-order valence-corrected chi connectivity index (χ0v) is 10.5. The summed E-state index contributed by atoms with van der Waals surface area (Å²) in [4.78, 5) is 2.04. The highest BCUT2D eigenvalue weighted by Crippen LogP contribution is 2.22. The molecule has 1 rings (SSSR count). The summed E-state index contributed by atoms with van der Waals surface area (Å²) in [5, 5.41) is 9.82. The Balaban J connectivity index is 2.64. The van der Waals surface area contributed by atoms with Crippen LogP contribution in [0.25, 0.3) is 0 Å². The predicted octanol–water partition coefficient (Wildman–Crippen LogP) is 2.73. The number of hydrogen-bond acceptors (Lipinski definition) is 2. The first-order valence-electron chi connectivity index (χ1n) is 5.75. The Bertz CT molecular complexity index is 368. The maximum atomic E-state index is 13.4. The number of hydrogen-bond donors (Lipinski definition) is 1. The van der Waals surface area contributed by atoms with Crippen molar-refractivity contribution in [2.24, 2.45) is 0 Å². The van der Waals surface area contributed by atoms with Gasteiger partial charge in [-0.15, -0.1) is 0 Å². The van der Waals surface area contributed by atoms with Crippen LogP contribution in [-0.4, -0.2) is 29.6 Å². The molecule has 1 aromatic carbocycles. The molecule has 4 heteroatoms. The predicted molar refractivity (Wildman–Crippen MR) is 63.7 cm³/mol. The van der Waals surface area contributed by atoms with Crippen molar-refractivity contribution in [3.8, 4) is 0 Å². The highest BCUT2D eigenvalue weighted by molar-refractivity contribution is 5.21. The van der Waals surface area contributed by atoms with Gasteiger partial charge in [0.2, 0.25) is 0 Å². The fraction of sp³-hybridized carbons (Fsp3) is 0.538. The van der Waals surface area contributed by atoms with Crippen LogP contribution < -0.4 is 0 Å². The first-order chi connectivity index (χ1) is 7.93. The van der Waals surface area contributed by atoms with Crippen LogP contribution >= 0.6 is 0 Å². The highest BCUT2D eigenvalue weighted by atomic mass is 19.2. The van der Waals surface area contributed by atoms with E-state index in [1.54, 1.807) is 0 Å². The van der Waals surface area contributed by atoms with Gasteiger partial charge >= 0.3 is 0 Å². The molecule has 0 aliphatic heterocycles. The Labute approximate surface area is 101 Å². The Hall–Kier alpha value is -1.00. The monoisotopic (exact) mass is 243 g/mol. The third-order valence-electron chi connectivity index (χ3n) is 2.98. The van der Waals surface area contributed by atoms with Crippen molar-refractivity contribution in [3.63, 3.8) is 0 Å². The van der Waals surface area contributed by atoms with Gasteiger partial charge in [-0.2, -0.15) is 0 Å². The van der Waals surface area contributed by atoms with E-state index >= 15 is 0 Å². The van der Waals surface area contributed by atoms with E-state index in [0.29, 0.717) is 19.0 Å². The molecule has 0 radical (unpaired) electrons. The summed E-state index contributed by atoms with van der Waals surface area (Å²) in [6.45, 7) is 4.71. The first-order valence-corrected chi connectivity index (χ1v) is 5.75. The van der Waals surface area contributed by atoms with Gasteiger partial charge in [-0.1, -0.05) is 12.1 Å². The van der Waals surface area contributed by atoms with Gasteiger partial charge in [0.25, 0.3) is 0 Å². The Morgan fingerprint density at radius 2 is 1.94 bits per heavy atom. The second-order valence-electron chi connectivity index (χ2n) is 4.52. The smallest absolute Gasteiger partial charge is 0.164 e. The largest absolute Gasteiger partial charge is 0.388 e. The van der Waals surface area contributed by atoms with Crippen molar-refractivity contribution >= 4 is 0 Å².